The average Bonchev–Trinajstić information content (AvgIpc) is 2.62. The number of amides is 1. The summed E-state index contributed by atoms with van der Waals surface area (Å²) in [4.78, 5) is 17.2. The van der Waals surface area contributed by atoms with Gasteiger partial charge < -0.3 is 10.1 Å². The maximum atomic E-state index is 12.7. The van der Waals surface area contributed by atoms with Gasteiger partial charge in [-0.25, -0.2) is 0 Å². The Morgan fingerprint density at radius 2 is 1.88 bits per heavy atom. The summed E-state index contributed by atoms with van der Waals surface area (Å²) in [5.41, 5.74) is 3.27. The molecule has 4 heteroatoms. The van der Waals surface area contributed by atoms with Gasteiger partial charge in [-0.3, -0.25) is 9.78 Å². The van der Waals surface area contributed by atoms with Gasteiger partial charge in [-0.2, -0.15) is 0 Å². The number of aryl methyl sites for hydroxylation is 1. The van der Waals surface area contributed by atoms with E-state index in [-0.39, 0.29) is 11.9 Å². The van der Waals surface area contributed by atoms with Crippen molar-refractivity contribution in [3.8, 4) is 5.75 Å². The molecule has 1 heterocycles. The van der Waals surface area contributed by atoms with E-state index in [1.807, 2.05) is 75.4 Å². The van der Waals surface area contributed by atoms with Crippen molar-refractivity contribution < 1.29 is 9.53 Å². The number of fused-ring (bicyclic) bond motifs is 1. The number of pyridine rings is 1. The standard InChI is InChI=1S/C21H22N2O2/c1-4-25-18-11-9-16(10-12-18)14(2)23-21(24)19-13-17-7-5-6-8-20(17)22-15(19)3/h5-14H,4H2,1-3H3,(H,23,24). The number of hydrogen-bond donors (Lipinski definition) is 1. The van der Waals surface area contributed by atoms with Crippen molar-refractivity contribution >= 4 is 16.8 Å². The van der Waals surface area contributed by atoms with Gasteiger partial charge in [0, 0.05) is 5.39 Å². The van der Waals surface area contributed by atoms with Gasteiger partial charge in [0.15, 0.2) is 0 Å². The van der Waals surface area contributed by atoms with Crippen molar-refractivity contribution in [1.29, 1.82) is 0 Å². The molecule has 2 aromatic carbocycles. The molecule has 1 aromatic heterocycles. The smallest absolute Gasteiger partial charge is 0.253 e. The molecular weight excluding hydrogens is 312 g/mol. The molecule has 0 aliphatic carbocycles. The summed E-state index contributed by atoms with van der Waals surface area (Å²) in [6.45, 7) is 6.43. The van der Waals surface area contributed by atoms with Crippen LogP contribution in [0.4, 0.5) is 0 Å². The highest BCUT2D eigenvalue weighted by Crippen LogP contribution is 2.20. The van der Waals surface area contributed by atoms with E-state index in [2.05, 4.69) is 10.3 Å². The van der Waals surface area contributed by atoms with Crippen LogP contribution in [0.25, 0.3) is 10.9 Å². The summed E-state index contributed by atoms with van der Waals surface area (Å²) in [6, 6.07) is 17.4. The molecule has 0 bridgehead atoms. The summed E-state index contributed by atoms with van der Waals surface area (Å²) in [7, 11) is 0. The maximum Gasteiger partial charge on any atom is 0.253 e. The molecule has 3 aromatic rings. The monoisotopic (exact) mass is 334 g/mol. The number of benzene rings is 2. The van der Waals surface area contributed by atoms with Crippen LogP contribution in [0.5, 0.6) is 5.75 Å². The molecule has 0 saturated heterocycles. The first-order valence-corrected chi connectivity index (χ1v) is 8.48. The third-order valence-corrected chi connectivity index (χ3v) is 4.20. The first kappa shape index (κ1) is 17.0. The normalized spacial score (nSPS) is 12.0. The second-order valence-corrected chi connectivity index (χ2v) is 6.01. The summed E-state index contributed by atoms with van der Waals surface area (Å²) in [6.07, 6.45) is 0. The molecule has 3 rings (SSSR count). The Balaban J connectivity index is 1.78. The van der Waals surface area contributed by atoms with Crippen LogP contribution < -0.4 is 10.1 Å². The van der Waals surface area contributed by atoms with Crippen LogP contribution >= 0.6 is 0 Å². The summed E-state index contributed by atoms with van der Waals surface area (Å²) in [5, 5.41) is 4.01. The third-order valence-electron chi connectivity index (χ3n) is 4.20. The minimum absolute atomic E-state index is 0.103. The highest BCUT2D eigenvalue weighted by atomic mass is 16.5. The molecule has 0 saturated carbocycles. The number of aromatic nitrogens is 1. The predicted molar refractivity (Wildman–Crippen MR) is 100.0 cm³/mol. The van der Waals surface area contributed by atoms with E-state index in [0.717, 1.165) is 27.9 Å². The van der Waals surface area contributed by atoms with Gasteiger partial charge in [-0.1, -0.05) is 30.3 Å². The fourth-order valence-electron chi connectivity index (χ4n) is 2.82. The third kappa shape index (κ3) is 3.79. The molecule has 4 nitrogen and oxygen atoms in total. The lowest BCUT2D eigenvalue weighted by Gasteiger charge is -2.16. The molecule has 0 aliphatic rings. The zero-order chi connectivity index (χ0) is 17.8. The molecule has 0 radical (unpaired) electrons. The van der Waals surface area contributed by atoms with E-state index in [0.29, 0.717) is 12.2 Å². The molecule has 1 unspecified atom stereocenters. The van der Waals surface area contributed by atoms with Crippen molar-refractivity contribution in [1.82, 2.24) is 10.3 Å². The van der Waals surface area contributed by atoms with E-state index >= 15 is 0 Å². The number of rotatable bonds is 5. The largest absolute Gasteiger partial charge is 0.494 e. The number of hydrogen-bond acceptors (Lipinski definition) is 3. The molecule has 0 aliphatic heterocycles. The predicted octanol–water partition coefficient (Wildman–Crippen LogP) is 4.43. The van der Waals surface area contributed by atoms with Gasteiger partial charge in [0.05, 0.1) is 29.4 Å². The van der Waals surface area contributed by atoms with Crippen LogP contribution in [0.15, 0.2) is 54.6 Å². The Morgan fingerprint density at radius 3 is 2.60 bits per heavy atom. The van der Waals surface area contributed by atoms with Gasteiger partial charge in [-0.05, 0) is 50.6 Å². The summed E-state index contributed by atoms with van der Waals surface area (Å²) < 4.78 is 5.45. The summed E-state index contributed by atoms with van der Waals surface area (Å²) in [5.74, 6) is 0.719. The fraction of sp³-hybridized carbons (Fsp3) is 0.238. The van der Waals surface area contributed by atoms with Gasteiger partial charge in [-0.15, -0.1) is 0 Å². The Bertz CT molecular complexity index is 888. The Kier molecular flexibility index (Phi) is 4.98. The molecule has 1 N–H and O–H groups in total. The highest BCUT2D eigenvalue weighted by Gasteiger charge is 2.15. The lowest BCUT2D eigenvalue weighted by molar-refractivity contribution is 0.0939. The van der Waals surface area contributed by atoms with Crippen molar-refractivity contribution in [2.45, 2.75) is 26.8 Å². The molecule has 128 valence electrons. The van der Waals surface area contributed by atoms with Crippen LogP contribution in [0, 0.1) is 6.92 Å². The fourth-order valence-corrected chi connectivity index (χ4v) is 2.82. The van der Waals surface area contributed by atoms with E-state index < -0.39 is 0 Å². The number of nitrogens with zero attached hydrogens (tertiary/aromatic N) is 1. The highest BCUT2D eigenvalue weighted by molar-refractivity contribution is 5.98. The molecule has 1 amide bonds. The number of carbonyl (C=O) groups excluding carboxylic acids is 1. The van der Waals surface area contributed by atoms with Crippen LogP contribution in [-0.4, -0.2) is 17.5 Å². The lowest BCUT2D eigenvalue weighted by Crippen LogP contribution is -2.27. The van der Waals surface area contributed by atoms with E-state index in [4.69, 9.17) is 4.74 Å². The van der Waals surface area contributed by atoms with Gasteiger partial charge >= 0.3 is 0 Å². The topological polar surface area (TPSA) is 51.2 Å². The number of carbonyl (C=O) groups is 1. The van der Waals surface area contributed by atoms with Gasteiger partial charge in [0.25, 0.3) is 5.91 Å². The van der Waals surface area contributed by atoms with Gasteiger partial charge in [0.1, 0.15) is 5.75 Å². The van der Waals surface area contributed by atoms with E-state index in [1.54, 1.807) is 0 Å². The number of nitrogens with one attached hydrogen (secondary N) is 1. The Hall–Kier alpha value is -2.88. The second-order valence-electron chi connectivity index (χ2n) is 6.01. The van der Waals surface area contributed by atoms with Crippen molar-refractivity contribution in [3.05, 3.63) is 71.4 Å². The molecule has 0 spiro atoms. The molecule has 0 fully saturated rings. The van der Waals surface area contributed by atoms with E-state index in [1.165, 1.54) is 0 Å². The van der Waals surface area contributed by atoms with Crippen LogP contribution in [0.1, 0.15) is 41.5 Å². The molecule has 1 atom stereocenters. The zero-order valence-corrected chi connectivity index (χ0v) is 14.7. The Labute approximate surface area is 147 Å². The Morgan fingerprint density at radius 1 is 1.16 bits per heavy atom. The van der Waals surface area contributed by atoms with Crippen LogP contribution in [0.3, 0.4) is 0 Å². The zero-order valence-electron chi connectivity index (χ0n) is 14.7. The van der Waals surface area contributed by atoms with Crippen molar-refractivity contribution in [2.75, 3.05) is 6.61 Å². The molecular formula is C21H22N2O2. The molecule has 25 heavy (non-hydrogen) atoms. The second kappa shape index (κ2) is 7.34. The van der Waals surface area contributed by atoms with Crippen molar-refractivity contribution in [3.63, 3.8) is 0 Å². The maximum absolute atomic E-state index is 12.7. The first-order chi connectivity index (χ1) is 12.1. The van der Waals surface area contributed by atoms with Crippen LogP contribution in [0.2, 0.25) is 0 Å². The lowest BCUT2D eigenvalue weighted by atomic mass is 10.1. The van der Waals surface area contributed by atoms with Crippen molar-refractivity contribution in [2.24, 2.45) is 0 Å². The number of ether oxygens (including phenoxy) is 1. The minimum atomic E-state index is -0.114. The van der Waals surface area contributed by atoms with Gasteiger partial charge in [0.2, 0.25) is 0 Å². The average molecular weight is 334 g/mol. The first-order valence-electron chi connectivity index (χ1n) is 8.48. The minimum Gasteiger partial charge on any atom is -0.494 e. The SMILES string of the molecule is CCOc1ccc(C(C)NC(=O)c2cc3ccccc3nc2C)cc1. The quantitative estimate of drug-likeness (QED) is 0.751. The van der Waals surface area contributed by atoms with Crippen LogP contribution in [-0.2, 0) is 0 Å². The van der Waals surface area contributed by atoms with E-state index in [9.17, 15) is 4.79 Å². The number of para-hydroxylation sites is 1. The summed E-state index contributed by atoms with van der Waals surface area (Å²) >= 11 is 0.